The second-order valence-corrected chi connectivity index (χ2v) is 7.67. The molecule has 2 saturated heterocycles. The molecule has 0 saturated carbocycles. The highest BCUT2D eigenvalue weighted by atomic mass is 31.1. The molecule has 2 aromatic carbocycles. The van der Waals surface area contributed by atoms with E-state index in [4.69, 9.17) is 28.2 Å². The van der Waals surface area contributed by atoms with Crippen LogP contribution in [0.5, 0.6) is 0 Å². The molecule has 30 heavy (non-hydrogen) atoms. The quantitative estimate of drug-likeness (QED) is 0.614. The lowest BCUT2D eigenvalue weighted by molar-refractivity contribution is -0.363. The zero-order valence-electron chi connectivity index (χ0n) is 16.4. The van der Waals surface area contributed by atoms with Gasteiger partial charge >= 0.3 is 8.25 Å². The zero-order valence-corrected chi connectivity index (χ0v) is 17.3. The Morgan fingerprint density at radius 2 is 1.73 bits per heavy atom. The predicted octanol–water partition coefficient (Wildman–Crippen LogP) is 2.46. The first-order chi connectivity index (χ1) is 14.7. The maximum Gasteiger partial charge on any atom is 0.488 e. The maximum absolute atomic E-state index is 11.5. The molecule has 0 amide bonds. The van der Waals surface area contributed by atoms with Crippen LogP contribution in [-0.2, 0) is 39.4 Å². The number of fused-ring (bicyclic) bond motifs is 1. The summed E-state index contributed by atoms with van der Waals surface area (Å²) in [4.78, 5) is 11.5. The van der Waals surface area contributed by atoms with E-state index in [1.165, 1.54) is 7.11 Å². The third-order valence-corrected chi connectivity index (χ3v) is 5.50. The van der Waals surface area contributed by atoms with E-state index in [0.29, 0.717) is 0 Å². The molecule has 9 heteroatoms. The van der Waals surface area contributed by atoms with Crippen molar-refractivity contribution in [2.24, 2.45) is 0 Å². The minimum atomic E-state index is -3.15. The molecule has 2 aliphatic rings. The number of methoxy groups -OCH3 is 1. The number of ether oxygens (including phenoxy) is 5. The molecule has 7 atom stereocenters. The highest BCUT2D eigenvalue weighted by Crippen LogP contribution is 2.38. The number of benzene rings is 2. The van der Waals surface area contributed by atoms with Crippen molar-refractivity contribution in [2.75, 3.05) is 13.7 Å². The van der Waals surface area contributed by atoms with E-state index in [9.17, 15) is 9.46 Å². The van der Waals surface area contributed by atoms with E-state index in [1.54, 1.807) is 0 Å². The van der Waals surface area contributed by atoms with E-state index in [2.05, 4.69) is 0 Å². The van der Waals surface area contributed by atoms with Crippen LogP contribution in [-0.4, -0.2) is 44.4 Å². The number of rotatable bonds is 7. The van der Waals surface area contributed by atoms with Crippen LogP contribution in [0.2, 0.25) is 0 Å². The molecule has 2 aliphatic heterocycles. The van der Waals surface area contributed by atoms with Crippen molar-refractivity contribution in [1.29, 1.82) is 0 Å². The molecule has 0 bridgehead atoms. The first kappa shape index (κ1) is 21.5. The standard InChI is InChI=1S/C21H23O8P/c1-24-21-19(25-12-14-8-4-2-5-9-14)18(29-30(22)23)17-16(27-21)13-26-20(28-17)15-10-6-3-7-11-15/h2-11,16-21H,12-13H2,1H3/t16-,17+,18+,19-,20?,21-/m1/s1. The van der Waals surface area contributed by atoms with Gasteiger partial charge in [0.2, 0.25) is 0 Å². The summed E-state index contributed by atoms with van der Waals surface area (Å²) in [5.74, 6) is 0. The Hall–Kier alpha value is -1.74. The molecule has 8 nitrogen and oxygen atoms in total. The lowest BCUT2D eigenvalue weighted by Gasteiger charge is -2.47. The average Bonchev–Trinajstić information content (AvgIpc) is 2.78. The Bertz CT molecular complexity index is 814. The lowest BCUT2D eigenvalue weighted by Crippen LogP contribution is -2.63. The molecular formula is C21H23O8P. The van der Waals surface area contributed by atoms with Crippen LogP contribution >= 0.6 is 8.25 Å². The minimum Gasteiger partial charge on any atom is -0.566 e. The van der Waals surface area contributed by atoms with Crippen LogP contribution in [0, 0.1) is 0 Å². The Morgan fingerprint density at radius 1 is 1.03 bits per heavy atom. The van der Waals surface area contributed by atoms with Gasteiger partial charge in [-0.2, -0.15) is 0 Å². The Kier molecular flexibility index (Phi) is 7.20. The fourth-order valence-corrected chi connectivity index (χ4v) is 4.12. The van der Waals surface area contributed by atoms with Crippen LogP contribution in [0.3, 0.4) is 0 Å². The van der Waals surface area contributed by atoms with Gasteiger partial charge < -0.3 is 28.6 Å². The number of hydrogen-bond acceptors (Lipinski definition) is 8. The second-order valence-electron chi connectivity index (χ2n) is 7.01. The predicted molar refractivity (Wildman–Crippen MR) is 103 cm³/mol. The maximum atomic E-state index is 11.5. The van der Waals surface area contributed by atoms with Crippen molar-refractivity contribution in [2.45, 2.75) is 43.6 Å². The van der Waals surface area contributed by atoms with Crippen LogP contribution in [0.4, 0.5) is 0 Å². The largest absolute Gasteiger partial charge is 0.566 e. The molecule has 2 heterocycles. The SMILES string of the molecule is CO[C@@H]1O[C@@H]2COC(c3ccccc3)O[C@@H]2[C@H](O[P+](=O)[O-])[C@H]1OCc1ccccc1. The van der Waals surface area contributed by atoms with Crippen LogP contribution in [0.1, 0.15) is 17.4 Å². The molecule has 0 N–H and O–H groups in total. The fourth-order valence-electron chi connectivity index (χ4n) is 3.68. The third-order valence-electron chi connectivity index (χ3n) is 5.08. The van der Waals surface area contributed by atoms with Crippen molar-refractivity contribution in [1.82, 2.24) is 0 Å². The summed E-state index contributed by atoms with van der Waals surface area (Å²) in [5.41, 5.74) is 1.74. The van der Waals surface area contributed by atoms with Gasteiger partial charge in [-0.25, -0.2) is 0 Å². The summed E-state index contributed by atoms with van der Waals surface area (Å²) in [6, 6.07) is 18.9. The molecule has 4 rings (SSSR count). The molecule has 0 aromatic heterocycles. The molecule has 2 fully saturated rings. The molecular weight excluding hydrogens is 411 g/mol. The van der Waals surface area contributed by atoms with Crippen molar-refractivity contribution in [3.8, 4) is 0 Å². The molecule has 2 aromatic rings. The summed E-state index contributed by atoms with van der Waals surface area (Å²) < 4.78 is 46.1. The van der Waals surface area contributed by atoms with Crippen molar-refractivity contribution in [3.63, 3.8) is 0 Å². The van der Waals surface area contributed by atoms with E-state index >= 15 is 0 Å². The van der Waals surface area contributed by atoms with Gasteiger partial charge in [-0.05, 0) is 10.1 Å². The Labute approximate surface area is 175 Å². The van der Waals surface area contributed by atoms with E-state index in [-0.39, 0.29) is 13.2 Å². The smallest absolute Gasteiger partial charge is 0.488 e. The summed E-state index contributed by atoms with van der Waals surface area (Å²) in [5, 5.41) is 0. The van der Waals surface area contributed by atoms with Gasteiger partial charge in [0.05, 0.1) is 13.2 Å². The minimum absolute atomic E-state index is 0.199. The van der Waals surface area contributed by atoms with Crippen LogP contribution < -0.4 is 4.89 Å². The highest BCUT2D eigenvalue weighted by Gasteiger charge is 2.54. The summed E-state index contributed by atoms with van der Waals surface area (Å²) >= 11 is 0. The monoisotopic (exact) mass is 434 g/mol. The van der Waals surface area contributed by atoms with Crippen LogP contribution in [0.15, 0.2) is 60.7 Å². The van der Waals surface area contributed by atoms with Gasteiger partial charge in [0.15, 0.2) is 18.7 Å². The van der Waals surface area contributed by atoms with Gasteiger partial charge in [-0.3, -0.25) is 0 Å². The van der Waals surface area contributed by atoms with Gasteiger partial charge in [0, 0.05) is 12.7 Å². The van der Waals surface area contributed by atoms with Gasteiger partial charge in [-0.1, -0.05) is 60.7 Å². The molecule has 160 valence electrons. The third kappa shape index (κ3) is 4.94. The first-order valence-corrected chi connectivity index (χ1v) is 10.7. The highest BCUT2D eigenvalue weighted by molar-refractivity contribution is 7.30. The van der Waals surface area contributed by atoms with Crippen molar-refractivity contribution < 1.29 is 37.7 Å². The zero-order chi connectivity index (χ0) is 20.9. The fraction of sp³-hybridized carbons (Fsp3) is 0.429. The molecule has 0 radical (unpaired) electrons. The normalized spacial score (nSPS) is 31.7. The van der Waals surface area contributed by atoms with E-state index in [1.807, 2.05) is 60.7 Å². The second kappa shape index (κ2) is 10.0. The van der Waals surface area contributed by atoms with E-state index < -0.39 is 45.3 Å². The average molecular weight is 434 g/mol. The first-order valence-electron chi connectivity index (χ1n) is 9.62. The molecule has 0 spiro atoms. The summed E-state index contributed by atoms with van der Waals surface area (Å²) in [7, 11) is -1.68. The van der Waals surface area contributed by atoms with Crippen molar-refractivity contribution >= 4 is 8.25 Å². The van der Waals surface area contributed by atoms with Gasteiger partial charge in [0.25, 0.3) is 0 Å². The summed E-state index contributed by atoms with van der Waals surface area (Å²) in [6.45, 7) is 0.436. The lowest BCUT2D eigenvalue weighted by atomic mass is 9.97. The Balaban J connectivity index is 1.55. The van der Waals surface area contributed by atoms with Crippen LogP contribution in [0.25, 0.3) is 0 Å². The summed E-state index contributed by atoms with van der Waals surface area (Å²) in [6.07, 6.45) is -4.56. The molecule has 0 aliphatic carbocycles. The number of hydrogen-bond donors (Lipinski definition) is 0. The van der Waals surface area contributed by atoms with Gasteiger partial charge in [-0.15, -0.1) is 4.52 Å². The van der Waals surface area contributed by atoms with Gasteiger partial charge in [0.1, 0.15) is 18.3 Å². The molecule has 2 unspecified atom stereocenters. The Morgan fingerprint density at radius 3 is 2.40 bits per heavy atom. The van der Waals surface area contributed by atoms with E-state index in [0.717, 1.165) is 11.1 Å². The van der Waals surface area contributed by atoms with Crippen molar-refractivity contribution in [3.05, 3.63) is 71.8 Å². The topological polar surface area (TPSA) is 95.5 Å².